The number of ether oxygens (including phenoxy) is 1. The number of nitrogens with zero attached hydrogens (tertiary/aromatic N) is 2. The molecular weight excluding hydrogens is 261 g/mol. The van der Waals surface area contributed by atoms with Crippen LogP contribution in [0.15, 0.2) is 6.07 Å². The van der Waals surface area contributed by atoms with Gasteiger partial charge in [-0.25, -0.2) is 0 Å². The maximum absolute atomic E-state index is 12.7. The van der Waals surface area contributed by atoms with Crippen molar-refractivity contribution in [3.8, 4) is 0 Å². The minimum absolute atomic E-state index is 0.106. The summed E-state index contributed by atoms with van der Waals surface area (Å²) in [7, 11) is 1.25. The summed E-state index contributed by atoms with van der Waals surface area (Å²) >= 11 is 0. The normalized spacial score (nSPS) is 17.3. The highest BCUT2D eigenvalue weighted by molar-refractivity contribution is 5.71. The summed E-state index contributed by atoms with van der Waals surface area (Å²) in [5, 5.41) is 3.58. The standard InChI is InChI=1S/C12H15F3N2O2/c1-7(11(18)19-2)6-17-9(8-3-4-8)5-10(16-17)12(13,14)15/h5,7-8H,3-4,6H2,1-2H3/t7-/m1/s1. The molecule has 106 valence electrons. The van der Waals surface area contributed by atoms with Crippen molar-refractivity contribution >= 4 is 5.97 Å². The van der Waals surface area contributed by atoms with Crippen molar-refractivity contribution in [3.63, 3.8) is 0 Å². The highest BCUT2D eigenvalue weighted by Crippen LogP contribution is 2.42. The number of alkyl halides is 3. The average molecular weight is 276 g/mol. The van der Waals surface area contributed by atoms with E-state index in [1.54, 1.807) is 6.92 Å². The van der Waals surface area contributed by atoms with Gasteiger partial charge < -0.3 is 4.74 Å². The molecule has 1 heterocycles. The zero-order valence-electron chi connectivity index (χ0n) is 10.7. The molecule has 0 unspecified atom stereocenters. The largest absolute Gasteiger partial charge is 0.469 e. The van der Waals surface area contributed by atoms with Crippen LogP contribution in [0.5, 0.6) is 0 Å². The fourth-order valence-electron chi connectivity index (χ4n) is 1.96. The SMILES string of the molecule is COC(=O)[C@H](C)Cn1nc(C(F)(F)F)cc1C1CC1. The van der Waals surface area contributed by atoms with Crippen LogP contribution in [-0.2, 0) is 22.3 Å². The van der Waals surface area contributed by atoms with Crippen LogP contribution in [0.3, 0.4) is 0 Å². The lowest BCUT2D eigenvalue weighted by atomic mass is 10.2. The first-order valence-electron chi connectivity index (χ1n) is 6.05. The molecule has 1 saturated carbocycles. The van der Waals surface area contributed by atoms with E-state index in [4.69, 9.17) is 0 Å². The molecule has 1 aliphatic carbocycles. The maximum Gasteiger partial charge on any atom is 0.435 e. The van der Waals surface area contributed by atoms with E-state index in [0.717, 1.165) is 18.9 Å². The number of hydrogen-bond donors (Lipinski definition) is 0. The summed E-state index contributed by atoms with van der Waals surface area (Å²) in [5.41, 5.74) is -0.338. The zero-order chi connectivity index (χ0) is 14.2. The zero-order valence-corrected chi connectivity index (χ0v) is 10.7. The Morgan fingerprint density at radius 2 is 2.21 bits per heavy atom. The Morgan fingerprint density at radius 1 is 1.58 bits per heavy atom. The van der Waals surface area contributed by atoms with Crippen molar-refractivity contribution in [2.75, 3.05) is 7.11 Å². The average Bonchev–Trinajstić information content (AvgIpc) is 3.08. The summed E-state index contributed by atoms with van der Waals surface area (Å²) in [5.74, 6) is -0.845. The number of halogens is 3. The fourth-order valence-corrected chi connectivity index (χ4v) is 1.96. The van der Waals surface area contributed by atoms with Gasteiger partial charge in [0.25, 0.3) is 0 Å². The molecule has 0 amide bonds. The first-order valence-corrected chi connectivity index (χ1v) is 6.05. The van der Waals surface area contributed by atoms with Gasteiger partial charge in [0.15, 0.2) is 5.69 Å². The highest BCUT2D eigenvalue weighted by atomic mass is 19.4. The number of hydrogen-bond acceptors (Lipinski definition) is 3. The van der Waals surface area contributed by atoms with Crippen molar-refractivity contribution in [3.05, 3.63) is 17.5 Å². The molecule has 0 aromatic carbocycles. The third-order valence-corrected chi connectivity index (χ3v) is 3.15. The molecule has 1 fully saturated rings. The molecule has 1 aromatic rings. The van der Waals surface area contributed by atoms with Gasteiger partial charge in [-0.2, -0.15) is 18.3 Å². The molecule has 7 heteroatoms. The second-order valence-electron chi connectivity index (χ2n) is 4.83. The van der Waals surface area contributed by atoms with Gasteiger partial charge in [0.1, 0.15) is 0 Å². The van der Waals surface area contributed by atoms with Crippen molar-refractivity contribution in [2.24, 2.45) is 5.92 Å². The monoisotopic (exact) mass is 276 g/mol. The van der Waals surface area contributed by atoms with E-state index in [1.807, 2.05) is 0 Å². The number of rotatable bonds is 4. The second kappa shape index (κ2) is 4.86. The molecule has 4 nitrogen and oxygen atoms in total. The topological polar surface area (TPSA) is 44.1 Å². The first kappa shape index (κ1) is 13.9. The first-order chi connectivity index (χ1) is 8.82. The van der Waals surface area contributed by atoms with E-state index in [0.29, 0.717) is 5.69 Å². The summed E-state index contributed by atoms with van der Waals surface area (Å²) < 4.78 is 43.8. The lowest BCUT2D eigenvalue weighted by molar-refractivity contribution is -0.145. The van der Waals surface area contributed by atoms with Crippen LogP contribution in [0.2, 0.25) is 0 Å². The fraction of sp³-hybridized carbons (Fsp3) is 0.667. The molecule has 0 spiro atoms. The maximum atomic E-state index is 12.7. The molecule has 0 N–H and O–H groups in total. The number of methoxy groups -OCH3 is 1. The van der Waals surface area contributed by atoms with Crippen molar-refractivity contribution in [2.45, 2.75) is 38.4 Å². The van der Waals surface area contributed by atoms with Gasteiger partial charge in [-0.3, -0.25) is 9.48 Å². The van der Waals surface area contributed by atoms with Crippen LogP contribution in [-0.4, -0.2) is 22.9 Å². The third kappa shape index (κ3) is 3.08. The van der Waals surface area contributed by atoms with Crippen molar-refractivity contribution in [1.82, 2.24) is 9.78 Å². The van der Waals surface area contributed by atoms with Crippen molar-refractivity contribution < 1.29 is 22.7 Å². The predicted octanol–water partition coefficient (Wildman–Crippen LogP) is 2.59. The van der Waals surface area contributed by atoms with Gasteiger partial charge in [-0.05, 0) is 18.9 Å². The number of carbonyl (C=O) groups excluding carboxylic acids is 1. The van der Waals surface area contributed by atoms with Crippen LogP contribution in [0, 0.1) is 5.92 Å². The minimum Gasteiger partial charge on any atom is -0.469 e. The number of aromatic nitrogens is 2. The second-order valence-corrected chi connectivity index (χ2v) is 4.83. The van der Waals surface area contributed by atoms with E-state index in [9.17, 15) is 18.0 Å². The smallest absolute Gasteiger partial charge is 0.435 e. The quantitative estimate of drug-likeness (QED) is 0.794. The predicted molar refractivity (Wildman–Crippen MR) is 60.4 cm³/mol. The summed E-state index contributed by atoms with van der Waals surface area (Å²) in [6.07, 6.45) is -2.71. The molecule has 0 saturated heterocycles. The van der Waals surface area contributed by atoms with Gasteiger partial charge in [0, 0.05) is 11.6 Å². The number of esters is 1. The Bertz CT molecular complexity index is 478. The molecule has 0 radical (unpaired) electrons. The summed E-state index contributed by atoms with van der Waals surface area (Å²) in [6, 6.07) is 1.08. The van der Waals surface area contributed by atoms with Gasteiger partial charge >= 0.3 is 12.1 Å². The minimum atomic E-state index is -4.45. The van der Waals surface area contributed by atoms with Gasteiger partial charge in [-0.15, -0.1) is 0 Å². The van der Waals surface area contributed by atoms with E-state index in [-0.39, 0.29) is 12.5 Å². The Kier molecular flexibility index (Phi) is 3.56. The van der Waals surface area contributed by atoms with E-state index >= 15 is 0 Å². The summed E-state index contributed by atoms with van der Waals surface area (Å²) in [4.78, 5) is 11.3. The molecule has 19 heavy (non-hydrogen) atoms. The van der Waals surface area contributed by atoms with Crippen LogP contribution in [0.25, 0.3) is 0 Å². The third-order valence-electron chi connectivity index (χ3n) is 3.15. The lowest BCUT2D eigenvalue weighted by Gasteiger charge is -2.11. The van der Waals surface area contributed by atoms with E-state index in [1.165, 1.54) is 11.8 Å². The van der Waals surface area contributed by atoms with Crippen LogP contribution in [0.1, 0.15) is 37.1 Å². The Morgan fingerprint density at radius 3 is 2.68 bits per heavy atom. The van der Waals surface area contributed by atoms with Gasteiger partial charge in [-0.1, -0.05) is 6.92 Å². The van der Waals surface area contributed by atoms with E-state index in [2.05, 4.69) is 9.84 Å². The Balaban J connectivity index is 2.23. The highest BCUT2D eigenvalue weighted by Gasteiger charge is 2.38. The lowest BCUT2D eigenvalue weighted by Crippen LogP contribution is -2.21. The van der Waals surface area contributed by atoms with Gasteiger partial charge in [0.2, 0.25) is 0 Å². The summed E-state index contributed by atoms with van der Waals surface area (Å²) in [6.45, 7) is 1.71. The van der Waals surface area contributed by atoms with Crippen LogP contribution < -0.4 is 0 Å². The Labute approximate surface area is 108 Å². The molecule has 1 aromatic heterocycles. The molecule has 0 aliphatic heterocycles. The van der Waals surface area contributed by atoms with Crippen LogP contribution >= 0.6 is 0 Å². The molecule has 1 aliphatic rings. The molecular formula is C12H15F3N2O2. The van der Waals surface area contributed by atoms with Gasteiger partial charge in [0.05, 0.1) is 19.6 Å². The van der Waals surface area contributed by atoms with Crippen molar-refractivity contribution in [1.29, 1.82) is 0 Å². The number of carbonyl (C=O) groups is 1. The molecule has 2 rings (SSSR count). The molecule has 1 atom stereocenters. The molecule has 0 bridgehead atoms. The van der Waals surface area contributed by atoms with Crippen LogP contribution in [0.4, 0.5) is 13.2 Å². The Hall–Kier alpha value is -1.53. The van der Waals surface area contributed by atoms with E-state index < -0.39 is 23.8 Å².